The van der Waals surface area contributed by atoms with Crippen LogP contribution >= 0.6 is 0 Å². The number of likely N-dealkylation sites (tertiary alicyclic amines) is 1. The van der Waals surface area contributed by atoms with E-state index in [-0.39, 0.29) is 11.8 Å². The molecule has 1 fully saturated rings. The number of amides is 1. The molecule has 1 aliphatic heterocycles. The smallest absolute Gasteiger partial charge is 0.297 e. The maximum absolute atomic E-state index is 11.5. The van der Waals surface area contributed by atoms with E-state index in [1.165, 1.54) is 0 Å². The van der Waals surface area contributed by atoms with Gasteiger partial charge in [-0.2, -0.15) is 4.98 Å². The van der Waals surface area contributed by atoms with E-state index in [0.29, 0.717) is 19.0 Å². The van der Waals surface area contributed by atoms with E-state index in [4.69, 9.17) is 4.74 Å². The van der Waals surface area contributed by atoms with Crippen LogP contribution in [-0.2, 0) is 11.8 Å². The zero-order valence-corrected chi connectivity index (χ0v) is 11.2. The van der Waals surface area contributed by atoms with Gasteiger partial charge in [0.15, 0.2) is 0 Å². The summed E-state index contributed by atoms with van der Waals surface area (Å²) >= 11 is 0. The topological polar surface area (TPSA) is 47.4 Å². The van der Waals surface area contributed by atoms with E-state index in [1.807, 2.05) is 42.9 Å². The number of nitrogens with zero attached hydrogens (tertiary/aromatic N) is 3. The molecule has 0 N–H and O–H groups in total. The summed E-state index contributed by atoms with van der Waals surface area (Å²) < 4.78 is 7.72. The van der Waals surface area contributed by atoms with Gasteiger partial charge in [0.2, 0.25) is 5.91 Å². The van der Waals surface area contributed by atoms with Crippen molar-refractivity contribution in [3.05, 3.63) is 24.3 Å². The van der Waals surface area contributed by atoms with Crippen LogP contribution in [0.2, 0.25) is 0 Å². The molecular weight excluding hydrogens is 242 g/mol. The second kappa shape index (κ2) is 4.57. The lowest BCUT2D eigenvalue weighted by Gasteiger charge is -2.11. The molecule has 5 heteroatoms. The Hall–Kier alpha value is -2.04. The Morgan fingerprint density at radius 3 is 2.84 bits per heavy atom. The van der Waals surface area contributed by atoms with Crippen molar-refractivity contribution >= 4 is 16.9 Å². The minimum Gasteiger partial charge on any atom is -0.464 e. The number of fused-ring (bicyclic) bond motifs is 1. The van der Waals surface area contributed by atoms with Crippen molar-refractivity contribution in [2.45, 2.75) is 6.42 Å². The lowest BCUT2D eigenvalue weighted by molar-refractivity contribution is -0.126. The quantitative estimate of drug-likeness (QED) is 0.837. The highest BCUT2D eigenvalue weighted by Crippen LogP contribution is 2.21. The number of aromatic nitrogens is 2. The van der Waals surface area contributed by atoms with E-state index >= 15 is 0 Å². The van der Waals surface area contributed by atoms with E-state index in [1.54, 1.807) is 4.90 Å². The van der Waals surface area contributed by atoms with Crippen molar-refractivity contribution in [2.24, 2.45) is 13.0 Å². The fraction of sp³-hybridized carbons (Fsp3) is 0.429. The molecule has 1 aromatic carbocycles. The Morgan fingerprint density at radius 2 is 2.16 bits per heavy atom. The predicted octanol–water partition coefficient (Wildman–Crippen LogP) is 1.43. The maximum atomic E-state index is 11.5. The molecule has 0 radical (unpaired) electrons. The van der Waals surface area contributed by atoms with Crippen molar-refractivity contribution in [1.82, 2.24) is 14.5 Å². The van der Waals surface area contributed by atoms with Crippen molar-refractivity contribution < 1.29 is 9.53 Å². The van der Waals surface area contributed by atoms with Crippen LogP contribution in [0.5, 0.6) is 6.01 Å². The third kappa shape index (κ3) is 2.16. The minimum atomic E-state index is 0.193. The zero-order valence-electron chi connectivity index (χ0n) is 11.2. The monoisotopic (exact) mass is 259 g/mol. The average molecular weight is 259 g/mol. The first-order valence-corrected chi connectivity index (χ1v) is 6.43. The largest absolute Gasteiger partial charge is 0.464 e. The van der Waals surface area contributed by atoms with Crippen LogP contribution in [0, 0.1) is 5.92 Å². The van der Waals surface area contributed by atoms with Gasteiger partial charge in [-0.25, -0.2) is 0 Å². The number of para-hydroxylation sites is 2. The fourth-order valence-corrected chi connectivity index (χ4v) is 2.51. The normalized spacial score (nSPS) is 19.4. The third-order valence-corrected chi connectivity index (χ3v) is 3.62. The van der Waals surface area contributed by atoms with Crippen molar-refractivity contribution in [2.75, 3.05) is 20.2 Å². The molecule has 1 aliphatic rings. The first kappa shape index (κ1) is 12.0. The Labute approximate surface area is 111 Å². The second-order valence-electron chi connectivity index (χ2n) is 5.10. The molecule has 100 valence electrons. The molecule has 2 heterocycles. The summed E-state index contributed by atoms with van der Waals surface area (Å²) in [6.07, 6.45) is 0.570. The molecule has 19 heavy (non-hydrogen) atoms. The molecule has 0 bridgehead atoms. The number of benzene rings is 1. The lowest BCUT2D eigenvalue weighted by Crippen LogP contribution is -2.20. The number of imidazole rings is 1. The van der Waals surface area contributed by atoms with Crippen LogP contribution in [0.25, 0.3) is 11.0 Å². The van der Waals surface area contributed by atoms with E-state index in [0.717, 1.165) is 17.6 Å². The maximum Gasteiger partial charge on any atom is 0.297 e. The van der Waals surface area contributed by atoms with Gasteiger partial charge in [0.05, 0.1) is 17.6 Å². The highest BCUT2D eigenvalue weighted by atomic mass is 16.5. The standard InChI is InChI=1S/C14H17N3O2/c1-16-8-10(7-13(16)18)9-19-14-15-11-5-3-4-6-12(11)17(14)2/h3-6,10H,7-9H2,1-2H3. The Morgan fingerprint density at radius 1 is 1.37 bits per heavy atom. The number of carbonyl (C=O) groups is 1. The summed E-state index contributed by atoms with van der Waals surface area (Å²) in [6, 6.07) is 8.54. The molecule has 1 saturated heterocycles. The average Bonchev–Trinajstić information content (AvgIpc) is 2.89. The number of hydrogen-bond acceptors (Lipinski definition) is 3. The number of rotatable bonds is 3. The molecule has 1 unspecified atom stereocenters. The van der Waals surface area contributed by atoms with Gasteiger partial charge < -0.3 is 9.64 Å². The zero-order chi connectivity index (χ0) is 13.4. The fourth-order valence-electron chi connectivity index (χ4n) is 2.51. The van der Waals surface area contributed by atoms with Gasteiger partial charge in [0.25, 0.3) is 6.01 Å². The summed E-state index contributed by atoms with van der Waals surface area (Å²) in [6.45, 7) is 1.30. The SMILES string of the molecule is CN1CC(COc2nc3ccccc3n2C)CC1=O. The third-order valence-electron chi connectivity index (χ3n) is 3.62. The predicted molar refractivity (Wildman–Crippen MR) is 72.0 cm³/mol. The second-order valence-corrected chi connectivity index (χ2v) is 5.10. The molecule has 5 nitrogen and oxygen atoms in total. The van der Waals surface area contributed by atoms with Crippen LogP contribution in [0.15, 0.2) is 24.3 Å². The number of carbonyl (C=O) groups excluding carboxylic acids is 1. The number of ether oxygens (including phenoxy) is 1. The Bertz CT molecular complexity index is 620. The minimum absolute atomic E-state index is 0.193. The van der Waals surface area contributed by atoms with Gasteiger partial charge in [-0.15, -0.1) is 0 Å². The molecule has 1 atom stereocenters. The summed E-state index contributed by atoms with van der Waals surface area (Å²) in [5.41, 5.74) is 1.98. The summed E-state index contributed by atoms with van der Waals surface area (Å²) in [4.78, 5) is 17.7. The molecule has 1 aromatic heterocycles. The Kier molecular flexibility index (Phi) is 2.89. The first-order chi connectivity index (χ1) is 9.15. The van der Waals surface area contributed by atoms with Crippen LogP contribution in [-0.4, -0.2) is 40.6 Å². The molecule has 0 saturated carbocycles. The number of aryl methyl sites for hydroxylation is 1. The summed E-state index contributed by atoms with van der Waals surface area (Å²) in [5, 5.41) is 0. The number of hydrogen-bond donors (Lipinski definition) is 0. The summed E-state index contributed by atoms with van der Waals surface area (Å²) in [7, 11) is 3.77. The highest BCUT2D eigenvalue weighted by molar-refractivity contribution is 5.78. The van der Waals surface area contributed by atoms with Gasteiger partial charge in [-0.1, -0.05) is 12.1 Å². The van der Waals surface area contributed by atoms with Crippen molar-refractivity contribution in [3.8, 4) is 6.01 Å². The molecule has 0 aliphatic carbocycles. The van der Waals surface area contributed by atoms with Crippen LogP contribution in [0.4, 0.5) is 0 Å². The highest BCUT2D eigenvalue weighted by Gasteiger charge is 2.27. The van der Waals surface area contributed by atoms with Gasteiger partial charge in [0.1, 0.15) is 0 Å². The van der Waals surface area contributed by atoms with Crippen LogP contribution < -0.4 is 4.74 Å². The van der Waals surface area contributed by atoms with E-state index in [2.05, 4.69) is 4.98 Å². The summed E-state index contributed by atoms with van der Waals surface area (Å²) in [5.74, 6) is 0.455. The van der Waals surface area contributed by atoms with Gasteiger partial charge in [-0.3, -0.25) is 9.36 Å². The van der Waals surface area contributed by atoms with Crippen LogP contribution in [0.1, 0.15) is 6.42 Å². The van der Waals surface area contributed by atoms with Crippen molar-refractivity contribution in [1.29, 1.82) is 0 Å². The van der Waals surface area contributed by atoms with Gasteiger partial charge in [-0.05, 0) is 12.1 Å². The molecule has 1 amide bonds. The first-order valence-electron chi connectivity index (χ1n) is 6.43. The molecular formula is C14H17N3O2. The van der Waals surface area contributed by atoms with Gasteiger partial charge in [0, 0.05) is 33.0 Å². The Balaban J connectivity index is 1.72. The van der Waals surface area contributed by atoms with Crippen LogP contribution in [0.3, 0.4) is 0 Å². The van der Waals surface area contributed by atoms with Gasteiger partial charge >= 0.3 is 0 Å². The van der Waals surface area contributed by atoms with E-state index in [9.17, 15) is 4.79 Å². The molecule has 2 aromatic rings. The van der Waals surface area contributed by atoms with Crippen molar-refractivity contribution in [3.63, 3.8) is 0 Å². The van der Waals surface area contributed by atoms with E-state index < -0.39 is 0 Å². The molecule has 3 rings (SSSR count). The lowest BCUT2D eigenvalue weighted by atomic mass is 10.1. The molecule has 0 spiro atoms.